The molecule has 0 radical (unpaired) electrons. The zero-order chi connectivity index (χ0) is 16.7. The first-order valence-corrected chi connectivity index (χ1v) is 6.62. The van der Waals surface area contributed by atoms with Gasteiger partial charge < -0.3 is 9.47 Å². The third-order valence-electron chi connectivity index (χ3n) is 2.41. The highest BCUT2D eigenvalue weighted by atomic mass is 35.5. The molecule has 1 aromatic carbocycles. The number of rotatable bonds is 7. The van der Waals surface area contributed by atoms with Gasteiger partial charge in [-0.3, -0.25) is 9.59 Å². The number of benzene rings is 1. The molecule has 0 aliphatic carbocycles. The molecule has 0 saturated heterocycles. The molecule has 0 spiro atoms. The number of esters is 2. The fraction of sp³-hybridized carbons (Fsp3) is 0.143. The standard InChI is InChI=1S/C14H10Cl2O6/c1-2-11(17)21-5-6-22-14(20)10-7-8(12(15)18)3-4-9(10)13(16)19/h2-4,7H,1,5-6H2. The van der Waals surface area contributed by atoms with Gasteiger partial charge in [0.15, 0.2) is 0 Å². The average molecular weight is 345 g/mol. The molecule has 0 atom stereocenters. The predicted octanol–water partition coefficient (Wildman–Crippen LogP) is 2.33. The van der Waals surface area contributed by atoms with Crippen molar-refractivity contribution in [3.8, 4) is 0 Å². The molecule has 0 aliphatic rings. The van der Waals surface area contributed by atoms with Gasteiger partial charge in [0.2, 0.25) is 0 Å². The molecular formula is C14H10Cl2O6. The third kappa shape index (κ3) is 4.98. The summed E-state index contributed by atoms with van der Waals surface area (Å²) in [5.41, 5.74) is -0.327. The summed E-state index contributed by atoms with van der Waals surface area (Å²) >= 11 is 10.7. The first-order valence-electron chi connectivity index (χ1n) is 5.87. The van der Waals surface area contributed by atoms with Crippen LogP contribution in [-0.2, 0) is 14.3 Å². The number of hydrogen-bond donors (Lipinski definition) is 0. The fourth-order valence-corrected chi connectivity index (χ4v) is 1.70. The molecule has 0 fully saturated rings. The average Bonchev–Trinajstić information content (AvgIpc) is 2.50. The van der Waals surface area contributed by atoms with Gasteiger partial charge in [-0.15, -0.1) is 0 Å². The van der Waals surface area contributed by atoms with E-state index in [1.807, 2.05) is 0 Å². The summed E-state index contributed by atoms with van der Waals surface area (Å²) in [6.07, 6.45) is 0.960. The van der Waals surface area contributed by atoms with Crippen molar-refractivity contribution < 1.29 is 28.7 Å². The largest absolute Gasteiger partial charge is 0.459 e. The summed E-state index contributed by atoms with van der Waals surface area (Å²) in [7, 11) is 0. The molecule has 6 nitrogen and oxygen atoms in total. The number of hydrogen-bond acceptors (Lipinski definition) is 6. The molecule has 0 amide bonds. The molecule has 22 heavy (non-hydrogen) atoms. The molecule has 8 heteroatoms. The first-order chi connectivity index (χ1) is 10.4. The van der Waals surface area contributed by atoms with Crippen LogP contribution in [-0.4, -0.2) is 35.6 Å². The number of carbonyl (C=O) groups excluding carboxylic acids is 4. The van der Waals surface area contributed by atoms with Crippen molar-refractivity contribution in [2.75, 3.05) is 13.2 Å². The van der Waals surface area contributed by atoms with E-state index in [-0.39, 0.29) is 29.9 Å². The normalized spacial score (nSPS) is 9.73. The van der Waals surface area contributed by atoms with E-state index in [1.165, 1.54) is 12.1 Å². The van der Waals surface area contributed by atoms with E-state index in [4.69, 9.17) is 27.9 Å². The molecular weight excluding hydrogens is 335 g/mol. The van der Waals surface area contributed by atoms with Gasteiger partial charge in [0.05, 0.1) is 5.56 Å². The summed E-state index contributed by atoms with van der Waals surface area (Å²) in [6, 6.07) is 3.55. The molecule has 0 heterocycles. The molecule has 0 aromatic heterocycles. The van der Waals surface area contributed by atoms with E-state index < -0.39 is 22.4 Å². The number of carbonyl (C=O) groups is 4. The highest BCUT2D eigenvalue weighted by molar-refractivity contribution is 6.69. The zero-order valence-corrected chi connectivity index (χ0v) is 12.6. The third-order valence-corrected chi connectivity index (χ3v) is 2.83. The molecule has 1 rings (SSSR count). The van der Waals surface area contributed by atoms with Crippen molar-refractivity contribution in [3.05, 3.63) is 47.5 Å². The van der Waals surface area contributed by atoms with Gasteiger partial charge >= 0.3 is 11.9 Å². The quantitative estimate of drug-likeness (QED) is 0.326. The molecule has 0 saturated carbocycles. The smallest absolute Gasteiger partial charge is 0.339 e. The summed E-state index contributed by atoms with van der Waals surface area (Å²) in [5.74, 6) is -1.57. The lowest BCUT2D eigenvalue weighted by Crippen LogP contribution is -2.15. The second-order valence-electron chi connectivity index (χ2n) is 3.82. The van der Waals surface area contributed by atoms with Crippen molar-refractivity contribution in [1.29, 1.82) is 0 Å². The summed E-state index contributed by atoms with van der Waals surface area (Å²) in [4.78, 5) is 45.1. The van der Waals surface area contributed by atoms with Gasteiger partial charge in [-0.2, -0.15) is 0 Å². The lowest BCUT2D eigenvalue weighted by Gasteiger charge is -2.08. The van der Waals surface area contributed by atoms with E-state index in [9.17, 15) is 19.2 Å². The number of halogens is 2. The maximum Gasteiger partial charge on any atom is 0.339 e. The van der Waals surface area contributed by atoms with E-state index in [0.29, 0.717) is 0 Å². The van der Waals surface area contributed by atoms with E-state index in [1.54, 1.807) is 0 Å². The number of ether oxygens (including phenoxy) is 2. The molecule has 0 bridgehead atoms. The van der Waals surface area contributed by atoms with Crippen molar-refractivity contribution in [2.45, 2.75) is 0 Å². The lowest BCUT2D eigenvalue weighted by molar-refractivity contribution is -0.138. The van der Waals surface area contributed by atoms with Crippen LogP contribution in [0.4, 0.5) is 0 Å². The van der Waals surface area contributed by atoms with Gasteiger partial charge in [0.25, 0.3) is 10.5 Å². The molecule has 116 valence electrons. The van der Waals surface area contributed by atoms with Gasteiger partial charge in [-0.05, 0) is 41.4 Å². The van der Waals surface area contributed by atoms with Crippen LogP contribution in [0, 0.1) is 0 Å². The van der Waals surface area contributed by atoms with Gasteiger partial charge in [0.1, 0.15) is 13.2 Å². The Morgan fingerprint density at radius 1 is 1.00 bits per heavy atom. The van der Waals surface area contributed by atoms with Crippen LogP contribution >= 0.6 is 23.2 Å². The highest BCUT2D eigenvalue weighted by Crippen LogP contribution is 2.17. The van der Waals surface area contributed by atoms with Crippen LogP contribution in [0.3, 0.4) is 0 Å². The summed E-state index contributed by atoms with van der Waals surface area (Å²) in [5, 5.41) is -1.69. The van der Waals surface area contributed by atoms with Crippen LogP contribution in [0.1, 0.15) is 31.1 Å². The molecule has 0 N–H and O–H groups in total. The van der Waals surface area contributed by atoms with E-state index in [2.05, 4.69) is 11.3 Å². The van der Waals surface area contributed by atoms with Crippen molar-refractivity contribution >= 4 is 45.6 Å². The maximum atomic E-state index is 11.9. The lowest BCUT2D eigenvalue weighted by atomic mass is 10.1. The summed E-state index contributed by atoms with van der Waals surface area (Å²) in [6.45, 7) is 2.77. The Kier molecular flexibility index (Phi) is 6.75. The minimum absolute atomic E-state index is 0.00775. The monoisotopic (exact) mass is 344 g/mol. The van der Waals surface area contributed by atoms with Crippen molar-refractivity contribution in [3.63, 3.8) is 0 Å². The fourth-order valence-electron chi connectivity index (χ4n) is 1.42. The Hall–Kier alpha value is -2.18. The molecule has 1 aromatic rings. The minimum Gasteiger partial charge on any atom is -0.459 e. The van der Waals surface area contributed by atoms with Gasteiger partial charge in [-0.25, -0.2) is 9.59 Å². The second kappa shape index (κ2) is 8.31. The Morgan fingerprint density at radius 3 is 2.18 bits per heavy atom. The first kappa shape index (κ1) is 17.9. The molecule has 0 aliphatic heterocycles. The van der Waals surface area contributed by atoms with Gasteiger partial charge in [0, 0.05) is 17.2 Å². The van der Waals surface area contributed by atoms with Crippen LogP contribution < -0.4 is 0 Å². The van der Waals surface area contributed by atoms with Crippen LogP contribution in [0.25, 0.3) is 0 Å². The van der Waals surface area contributed by atoms with Crippen molar-refractivity contribution in [1.82, 2.24) is 0 Å². The van der Waals surface area contributed by atoms with Crippen molar-refractivity contribution in [2.24, 2.45) is 0 Å². The Morgan fingerprint density at radius 2 is 1.64 bits per heavy atom. The molecule has 0 unspecified atom stereocenters. The zero-order valence-electron chi connectivity index (χ0n) is 11.1. The van der Waals surface area contributed by atoms with Gasteiger partial charge in [-0.1, -0.05) is 6.58 Å². The summed E-state index contributed by atoms with van der Waals surface area (Å²) < 4.78 is 9.45. The van der Waals surface area contributed by atoms with E-state index >= 15 is 0 Å². The van der Waals surface area contributed by atoms with Crippen LogP contribution in [0.5, 0.6) is 0 Å². The van der Waals surface area contributed by atoms with Crippen LogP contribution in [0.15, 0.2) is 30.9 Å². The van der Waals surface area contributed by atoms with E-state index in [0.717, 1.165) is 12.1 Å². The Balaban J connectivity index is 2.84. The maximum absolute atomic E-state index is 11.9. The topological polar surface area (TPSA) is 86.7 Å². The second-order valence-corrected chi connectivity index (χ2v) is 4.50. The Bertz CT molecular complexity index is 638. The predicted molar refractivity (Wildman–Crippen MR) is 78.2 cm³/mol. The highest BCUT2D eigenvalue weighted by Gasteiger charge is 2.19. The minimum atomic E-state index is -0.904. The Labute approximate surface area is 135 Å². The SMILES string of the molecule is C=CC(=O)OCCOC(=O)c1cc(C(=O)Cl)ccc1C(=O)Cl. The van der Waals surface area contributed by atoms with Crippen LogP contribution in [0.2, 0.25) is 0 Å².